The molecule has 0 aliphatic carbocycles. The number of ether oxygens (including phenoxy) is 1. The smallest absolute Gasteiger partial charge is 0.284 e. The minimum Gasteiger partial charge on any atom is -0.490 e. The van der Waals surface area contributed by atoms with Gasteiger partial charge < -0.3 is 15.4 Å². The predicted octanol–water partition coefficient (Wildman–Crippen LogP) is 3.52. The lowest BCUT2D eigenvalue weighted by molar-refractivity contribution is 0.0844. The van der Waals surface area contributed by atoms with Crippen molar-refractivity contribution in [1.29, 1.82) is 0 Å². The lowest BCUT2D eigenvalue weighted by Crippen LogP contribution is -2.36. The van der Waals surface area contributed by atoms with Crippen LogP contribution in [0.15, 0.2) is 35.4 Å². The Bertz CT molecular complexity index is 1610. The van der Waals surface area contributed by atoms with Crippen molar-refractivity contribution < 1.29 is 13.9 Å². The zero-order valence-electron chi connectivity index (χ0n) is 23.2. The van der Waals surface area contributed by atoms with Gasteiger partial charge in [-0.15, -0.1) is 10.7 Å². The van der Waals surface area contributed by atoms with Gasteiger partial charge in [-0.05, 0) is 50.6 Å². The Labute approximate surface area is 231 Å². The van der Waals surface area contributed by atoms with E-state index in [9.17, 15) is 9.59 Å². The van der Waals surface area contributed by atoms with Gasteiger partial charge in [0.05, 0.1) is 24.7 Å². The molecular formula is C29H34FN7O3. The Morgan fingerprint density at radius 2 is 2.10 bits per heavy atom. The van der Waals surface area contributed by atoms with Crippen LogP contribution in [-0.2, 0) is 6.54 Å². The molecule has 4 rings (SSSR count). The van der Waals surface area contributed by atoms with Gasteiger partial charge in [0.2, 0.25) is 0 Å². The number of benzene rings is 2. The summed E-state index contributed by atoms with van der Waals surface area (Å²) >= 11 is 0. The van der Waals surface area contributed by atoms with Gasteiger partial charge in [0.1, 0.15) is 6.20 Å². The number of aryl methyl sites for hydroxylation is 1. The molecule has 0 bridgehead atoms. The van der Waals surface area contributed by atoms with Gasteiger partial charge in [0.15, 0.2) is 11.6 Å². The molecule has 0 saturated carbocycles. The van der Waals surface area contributed by atoms with E-state index in [0.29, 0.717) is 35.3 Å². The number of fused-ring (bicyclic) bond motifs is 1. The SMILES string of the molecule is CC#Cc1cc(CNCC(CCC)NC)c(OCCC(=O)n2ncc(=O)[nH]2)c(F)c1-c1c(C)ccc2[nH]ncc12. The van der Waals surface area contributed by atoms with Gasteiger partial charge in [-0.3, -0.25) is 14.7 Å². The molecule has 4 aromatic rings. The topological polar surface area (TPSA) is 130 Å². The van der Waals surface area contributed by atoms with E-state index in [4.69, 9.17) is 4.74 Å². The van der Waals surface area contributed by atoms with Crippen molar-refractivity contribution in [2.24, 2.45) is 0 Å². The summed E-state index contributed by atoms with van der Waals surface area (Å²) in [5.41, 5.74) is 3.26. The fourth-order valence-electron chi connectivity index (χ4n) is 4.73. The number of H-pyrrole nitrogens is 2. The van der Waals surface area contributed by atoms with Crippen molar-refractivity contribution in [3.8, 4) is 28.7 Å². The van der Waals surface area contributed by atoms with Crippen LogP contribution in [0.25, 0.3) is 22.0 Å². The number of nitrogens with one attached hydrogen (secondary N) is 4. The molecule has 0 amide bonds. The van der Waals surface area contributed by atoms with Gasteiger partial charge >= 0.3 is 0 Å². The molecule has 0 saturated heterocycles. The molecule has 40 heavy (non-hydrogen) atoms. The van der Waals surface area contributed by atoms with E-state index in [-0.39, 0.29) is 24.8 Å². The molecule has 10 nitrogen and oxygen atoms in total. The zero-order chi connectivity index (χ0) is 28.6. The summed E-state index contributed by atoms with van der Waals surface area (Å²) in [5, 5.41) is 20.6. The monoisotopic (exact) mass is 547 g/mol. The van der Waals surface area contributed by atoms with Crippen molar-refractivity contribution in [3.63, 3.8) is 0 Å². The zero-order valence-corrected chi connectivity index (χ0v) is 23.2. The minimum absolute atomic E-state index is 0.0438. The van der Waals surface area contributed by atoms with Crippen LogP contribution in [0.1, 0.15) is 54.6 Å². The second kappa shape index (κ2) is 13.2. The number of aromatic nitrogens is 5. The van der Waals surface area contributed by atoms with Crippen molar-refractivity contribution in [2.45, 2.75) is 52.6 Å². The van der Waals surface area contributed by atoms with Crippen LogP contribution in [0.4, 0.5) is 4.39 Å². The van der Waals surface area contributed by atoms with Crippen molar-refractivity contribution >= 4 is 16.8 Å². The second-order valence-electron chi connectivity index (χ2n) is 9.49. The number of nitrogens with zero attached hydrogens (tertiary/aromatic N) is 3. The summed E-state index contributed by atoms with van der Waals surface area (Å²) < 4.78 is 22.6. The molecule has 4 N–H and O–H groups in total. The Morgan fingerprint density at radius 3 is 2.80 bits per heavy atom. The van der Waals surface area contributed by atoms with Crippen molar-refractivity contribution in [1.82, 2.24) is 35.8 Å². The minimum atomic E-state index is -0.562. The van der Waals surface area contributed by atoms with Crippen molar-refractivity contribution in [3.05, 3.63) is 63.5 Å². The predicted molar refractivity (Wildman–Crippen MR) is 152 cm³/mol. The van der Waals surface area contributed by atoms with E-state index in [1.807, 2.05) is 32.2 Å². The van der Waals surface area contributed by atoms with Crippen LogP contribution in [0.5, 0.6) is 5.75 Å². The summed E-state index contributed by atoms with van der Waals surface area (Å²) in [6.07, 6.45) is 4.60. The molecule has 0 aliphatic heterocycles. The highest BCUT2D eigenvalue weighted by Gasteiger charge is 2.24. The number of carbonyl (C=O) groups excluding carboxylic acids is 1. The van der Waals surface area contributed by atoms with Crippen LogP contribution in [0.3, 0.4) is 0 Å². The molecule has 1 unspecified atom stereocenters. The van der Waals surface area contributed by atoms with E-state index in [1.165, 1.54) is 0 Å². The summed E-state index contributed by atoms with van der Waals surface area (Å²) in [5.74, 6) is 4.99. The van der Waals surface area contributed by atoms with Gasteiger partial charge in [0.25, 0.3) is 11.5 Å². The van der Waals surface area contributed by atoms with Gasteiger partial charge in [-0.2, -0.15) is 10.2 Å². The molecule has 0 fully saturated rings. The van der Waals surface area contributed by atoms with Crippen LogP contribution >= 0.6 is 0 Å². The molecule has 0 aliphatic rings. The van der Waals surface area contributed by atoms with E-state index in [2.05, 4.69) is 49.8 Å². The van der Waals surface area contributed by atoms with Crippen LogP contribution < -0.4 is 20.9 Å². The largest absolute Gasteiger partial charge is 0.490 e. The van der Waals surface area contributed by atoms with Gasteiger partial charge in [0, 0.05) is 41.2 Å². The third-order valence-electron chi connectivity index (χ3n) is 6.70. The molecule has 2 aromatic heterocycles. The summed E-state index contributed by atoms with van der Waals surface area (Å²) in [7, 11) is 1.92. The molecule has 2 heterocycles. The maximum atomic E-state index is 16.6. The first kappa shape index (κ1) is 28.7. The average molecular weight is 548 g/mol. The standard InChI is InChI=1S/C29H34FN7O3/c1-5-7-19-13-20(14-32-15-21(31-4)8-6-2)29(40-12-11-25(39)37-34-17-24(38)36-37)28(30)27(19)26-18(3)9-10-23-22(26)16-33-35-23/h9-10,13,16-17,21,31-32H,6,8,11-12,14-15H2,1-4H3,(H,33,35)(H,36,38). The number of halogens is 1. The Balaban J connectivity index is 1.74. The third kappa shape index (κ3) is 6.30. The Morgan fingerprint density at radius 1 is 1.27 bits per heavy atom. The number of likely N-dealkylation sites (N-methyl/N-ethyl adjacent to an activating group) is 1. The highest BCUT2D eigenvalue weighted by molar-refractivity contribution is 5.98. The Hall–Kier alpha value is -4.27. The molecule has 2 aromatic carbocycles. The molecule has 1 atom stereocenters. The number of rotatable bonds is 12. The van der Waals surface area contributed by atoms with Crippen LogP contribution in [-0.4, -0.2) is 57.3 Å². The normalized spacial score (nSPS) is 11.8. The van der Waals surface area contributed by atoms with E-state index in [0.717, 1.165) is 40.3 Å². The van der Waals surface area contributed by atoms with E-state index in [1.54, 1.807) is 13.1 Å². The summed E-state index contributed by atoms with van der Waals surface area (Å²) in [4.78, 5) is 24.7. The molecule has 0 spiro atoms. The second-order valence-corrected chi connectivity index (χ2v) is 9.49. The lowest BCUT2D eigenvalue weighted by atomic mass is 9.91. The summed E-state index contributed by atoms with van der Waals surface area (Å²) in [6, 6.07) is 5.92. The van der Waals surface area contributed by atoms with E-state index >= 15 is 4.39 Å². The Kier molecular flexibility index (Phi) is 9.47. The molecule has 210 valence electrons. The molecule has 11 heteroatoms. The van der Waals surface area contributed by atoms with Crippen molar-refractivity contribution in [2.75, 3.05) is 20.2 Å². The lowest BCUT2D eigenvalue weighted by Gasteiger charge is -2.20. The average Bonchev–Trinajstić information content (AvgIpc) is 3.60. The number of aromatic amines is 2. The highest BCUT2D eigenvalue weighted by Crippen LogP contribution is 2.40. The number of hydrogen-bond donors (Lipinski definition) is 4. The van der Waals surface area contributed by atoms with Crippen LogP contribution in [0.2, 0.25) is 0 Å². The first-order valence-corrected chi connectivity index (χ1v) is 13.3. The van der Waals surface area contributed by atoms with E-state index < -0.39 is 17.3 Å². The number of hydrogen-bond acceptors (Lipinski definition) is 7. The van der Waals surface area contributed by atoms with Crippen LogP contribution in [0, 0.1) is 24.6 Å². The first-order chi connectivity index (χ1) is 19.4. The molecular weight excluding hydrogens is 513 g/mol. The van der Waals surface area contributed by atoms with Gasteiger partial charge in [-0.1, -0.05) is 25.3 Å². The first-order valence-electron chi connectivity index (χ1n) is 13.3. The fraction of sp³-hybridized carbons (Fsp3) is 0.379. The highest BCUT2D eigenvalue weighted by atomic mass is 19.1. The fourth-order valence-corrected chi connectivity index (χ4v) is 4.73. The summed E-state index contributed by atoms with van der Waals surface area (Å²) in [6.45, 7) is 6.65. The maximum Gasteiger partial charge on any atom is 0.284 e. The third-order valence-corrected chi connectivity index (χ3v) is 6.70. The number of carbonyl (C=O) groups is 1. The molecule has 0 radical (unpaired) electrons. The quantitative estimate of drug-likeness (QED) is 0.200. The van der Waals surface area contributed by atoms with Gasteiger partial charge in [-0.25, -0.2) is 9.49 Å². The maximum absolute atomic E-state index is 16.6.